The van der Waals surface area contributed by atoms with Crippen LogP contribution in [0.5, 0.6) is 17.2 Å². The van der Waals surface area contributed by atoms with Crippen LogP contribution in [0.15, 0.2) is 97.2 Å². The number of hydrogen-bond acceptors (Lipinski definition) is 4. The summed E-state index contributed by atoms with van der Waals surface area (Å²) in [6, 6.07) is 30.2. The van der Waals surface area contributed by atoms with E-state index in [4.69, 9.17) is 26.7 Å². The summed E-state index contributed by atoms with van der Waals surface area (Å²) in [5, 5.41) is 4.26. The topological polar surface area (TPSA) is 51.6 Å². The Balaban J connectivity index is 1.41. The summed E-state index contributed by atoms with van der Waals surface area (Å²) < 4.78 is 13.7. The molecule has 1 fully saturated rings. The number of pyridine rings is 1. The zero-order valence-electron chi connectivity index (χ0n) is 24.5. The lowest BCUT2D eigenvalue weighted by Crippen LogP contribution is -2.29. The first-order valence-electron chi connectivity index (χ1n) is 14.0. The molecule has 7 heteroatoms. The zero-order valence-corrected chi connectivity index (χ0v) is 25.3. The van der Waals surface area contributed by atoms with Gasteiger partial charge in [0.25, 0.3) is 0 Å². The molecule has 0 saturated carbocycles. The number of aromatic nitrogens is 2. The van der Waals surface area contributed by atoms with Crippen molar-refractivity contribution in [1.29, 1.82) is 0 Å². The smallest absolute Gasteiger partial charge is 0.174 e. The number of anilines is 1. The summed E-state index contributed by atoms with van der Waals surface area (Å²) in [5.41, 5.74) is 9.22. The molecule has 42 heavy (non-hydrogen) atoms. The second-order valence-corrected chi connectivity index (χ2v) is 11.1. The molecule has 2 atom stereocenters. The van der Waals surface area contributed by atoms with E-state index in [1.165, 1.54) is 33.8 Å². The van der Waals surface area contributed by atoms with Crippen molar-refractivity contribution in [1.82, 2.24) is 14.9 Å². The van der Waals surface area contributed by atoms with Crippen molar-refractivity contribution in [2.75, 3.05) is 12.0 Å². The van der Waals surface area contributed by atoms with E-state index in [0.29, 0.717) is 5.11 Å². The molecular formula is C35H34N4O2S. The molecule has 6 nitrogen and oxygen atoms in total. The number of aryl methyl sites for hydroxylation is 3. The molecule has 0 unspecified atom stereocenters. The van der Waals surface area contributed by atoms with Gasteiger partial charge >= 0.3 is 0 Å². The Morgan fingerprint density at radius 1 is 0.786 bits per heavy atom. The van der Waals surface area contributed by atoms with Crippen LogP contribution in [0.2, 0.25) is 0 Å². The van der Waals surface area contributed by atoms with Gasteiger partial charge in [0.15, 0.2) is 5.11 Å². The molecule has 0 bridgehead atoms. The predicted molar refractivity (Wildman–Crippen MR) is 172 cm³/mol. The van der Waals surface area contributed by atoms with Crippen LogP contribution in [0.3, 0.4) is 0 Å². The van der Waals surface area contributed by atoms with Crippen LogP contribution in [0, 0.1) is 27.7 Å². The van der Waals surface area contributed by atoms with Gasteiger partial charge in [0.1, 0.15) is 17.2 Å². The van der Waals surface area contributed by atoms with E-state index >= 15 is 0 Å². The number of thiocarbonyl (C=S) groups is 1. The second kappa shape index (κ2) is 11.3. The number of benzene rings is 3. The van der Waals surface area contributed by atoms with Crippen molar-refractivity contribution in [2.24, 2.45) is 0 Å². The summed E-state index contributed by atoms with van der Waals surface area (Å²) in [7, 11) is 1.65. The van der Waals surface area contributed by atoms with E-state index < -0.39 is 0 Å². The van der Waals surface area contributed by atoms with E-state index in [2.05, 4.69) is 84.9 Å². The molecule has 1 aliphatic rings. The molecule has 2 aromatic heterocycles. The van der Waals surface area contributed by atoms with Crippen molar-refractivity contribution >= 4 is 23.0 Å². The minimum Gasteiger partial charge on any atom is -0.497 e. The zero-order chi connectivity index (χ0) is 29.4. The maximum Gasteiger partial charge on any atom is 0.174 e. The maximum atomic E-state index is 6.10. The van der Waals surface area contributed by atoms with E-state index in [9.17, 15) is 0 Å². The van der Waals surface area contributed by atoms with Gasteiger partial charge in [-0.25, -0.2) is 0 Å². The van der Waals surface area contributed by atoms with Crippen LogP contribution in [0.25, 0.3) is 5.69 Å². The molecule has 5 aromatic rings. The molecule has 3 aromatic carbocycles. The Hall–Kier alpha value is -4.62. The highest BCUT2D eigenvalue weighted by Crippen LogP contribution is 2.44. The molecule has 0 aliphatic carbocycles. The molecule has 1 aliphatic heterocycles. The average Bonchev–Trinajstić information content (AvgIpc) is 3.49. The SMILES string of the molecule is COc1ccc(Oc2ccc(N3C(=S)N[C@@H](c4ccccn4)[C@@H]3c3cc(C)n(-c4c(C)cccc4C)c3C)cc2)cc1. The van der Waals surface area contributed by atoms with Crippen LogP contribution in [0.4, 0.5) is 5.69 Å². The highest BCUT2D eigenvalue weighted by atomic mass is 32.1. The van der Waals surface area contributed by atoms with Gasteiger partial charge in [0.2, 0.25) is 0 Å². The van der Waals surface area contributed by atoms with Gasteiger partial charge in [0.05, 0.1) is 30.6 Å². The average molecular weight is 575 g/mol. The summed E-state index contributed by atoms with van der Waals surface area (Å²) in [5.74, 6) is 2.28. The van der Waals surface area contributed by atoms with Gasteiger partial charge in [-0.3, -0.25) is 4.98 Å². The fourth-order valence-electron chi connectivity index (χ4n) is 5.99. The van der Waals surface area contributed by atoms with Crippen LogP contribution in [-0.2, 0) is 0 Å². The molecule has 0 amide bonds. The summed E-state index contributed by atoms with van der Waals surface area (Å²) in [6.07, 6.45) is 1.84. The monoisotopic (exact) mass is 574 g/mol. The van der Waals surface area contributed by atoms with Crippen molar-refractivity contribution < 1.29 is 9.47 Å². The number of rotatable bonds is 7. The minimum atomic E-state index is -0.124. The molecule has 1 N–H and O–H groups in total. The Morgan fingerprint density at radius 2 is 1.43 bits per heavy atom. The highest BCUT2D eigenvalue weighted by molar-refractivity contribution is 7.80. The predicted octanol–water partition coefficient (Wildman–Crippen LogP) is 8.08. The first-order valence-corrected chi connectivity index (χ1v) is 14.4. The lowest BCUT2D eigenvalue weighted by atomic mass is 9.96. The lowest BCUT2D eigenvalue weighted by Gasteiger charge is -2.28. The quantitative estimate of drug-likeness (QED) is 0.198. The molecule has 6 rings (SSSR count). The molecule has 0 spiro atoms. The van der Waals surface area contributed by atoms with E-state index in [1.807, 2.05) is 54.7 Å². The van der Waals surface area contributed by atoms with Crippen molar-refractivity contribution in [2.45, 2.75) is 39.8 Å². The normalized spacial score (nSPS) is 16.4. The van der Waals surface area contributed by atoms with Gasteiger partial charge in [-0.05, 0) is 123 Å². The molecule has 212 valence electrons. The Morgan fingerprint density at radius 3 is 2.05 bits per heavy atom. The Labute approximate surface area is 252 Å². The van der Waals surface area contributed by atoms with Gasteiger partial charge < -0.3 is 24.3 Å². The van der Waals surface area contributed by atoms with Crippen LogP contribution in [0.1, 0.15) is 45.9 Å². The second-order valence-electron chi connectivity index (χ2n) is 10.7. The van der Waals surface area contributed by atoms with Gasteiger partial charge in [0, 0.05) is 23.3 Å². The first kappa shape index (κ1) is 27.5. The van der Waals surface area contributed by atoms with E-state index in [1.54, 1.807) is 7.11 Å². The van der Waals surface area contributed by atoms with Crippen LogP contribution in [-0.4, -0.2) is 21.8 Å². The number of methoxy groups -OCH3 is 1. The van der Waals surface area contributed by atoms with Gasteiger partial charge in [-0.1, -0.05) is 24.3 Å². The first-order chi connectivity index (χ1) is 20.4. The molecule has 0 radical (unpaired) electrons. The standard InChI is InChI=1S/C35H34N4O2S/c1-22-9-8-10-23(2)33(22)38-24(3)21-30(25(38)4)34-32(31-11-6-7-20-36-31)37-35(42)39(34)26-12-14-28(15-13-26)41-29-18-16-27(40-5)17-19-29/h6-21,32,34H,1-5H3,(H,37,42)/t32-,34-/m0/s1. The third kappa shape index (κ3) is 5.01. The number of ether oxygens (including phenoxy) is 2. The minimum absolute atomic E-state index is 0.106. The van der Waals surface area contributed by atoms with E-state index in [-0.39, 0.29) is 12.1 Å². The third-order valence-electron chi connectivity index (χ3n) is 7.96. The number of hydrogen-bond donors (Lipinski definition) is 1. The summed E-state index contributed by atoms with van der Waals surface area (Å²) in [6.45, 7) is 8.72. The largest absolute Gasteiger partial charge is 0.497 e. The van der Waals surface area contributed by atoms with Crippen molar-refractivity contribution in [3.8, 4) is 22.9 Å². The fourth-order valence-corrected chi connectivity index (χ4v) is 6.34. The number of para-hydroxylation sites is 1. The Bertz CT molecular complexity index is 1710. The Kier molecular flexibility index (Phi) is 7.43. The van der Waals surface area contributed by atoms with Gasteiger partial charge in [-0.2, -0.15) is 0 Å². The maximum absolute atomic E-state index is 6.10. The van der Waals surface area contributed by atoms with Crippen LogP contribution >= 0.6 is 12.2 Å². The molecule has 3 heterocycles. The molecule has 1 saturated heterocycles. The van der Waals surface area contributed by atoms with E-state index in [0.717, 1.165) is 28.6 Å². The third-order valence-corrected chi connectivity index (χ3v) is 8.27. The molecular weight excluding hydrogens is 540 g/mol. The highest BCUT2D eigenvalue weighted by Gasteiger charge is 2.42. The number of nitrogens with zero attached hydrogens (tertiary/aromatic N) is 3. The van der Waals surface area contributed by atoms with Crippen molar-refractivity contribution in [3.05, 3.63) is 131 Å². The van der Waals surface area contributed by atoms with Gasteiger partial charge in [-0.15, -0.1) is 0 Å². The van der Waals surface area contributed by atoms with Crippen molar-refractivity contribution in [3.63, 3.8) is 0 Å². The van der Waals surface area contributed by atoms with Crippen LogP contribution < -0.4 is 19.7 Å². The fraction of sp³-hybridized carbons (Fsp3) is 0.200. The summed E-state index contributed by atoms with van der Waals surface area (Å²) in [4.78, 5) is 6.94. The lowest BCUT2D eigenvalue weighted by molar-refractivity contribution is 0.413. The number of nitrogens with one attached hydrogen (secondary N) is 1. The summed E-state index contributed by atoms with van der Waals surface area (Å²) >= 11 is 5.99.